The number of hydrogen-bond donors (Lipinski definition) is 0. The van der Waals surface area contributed by atoms with Gasteiger partial charge in [-0.05, 0) is 74.5 Å². The molecule has 0 amide bonds. The lowest BCUT2D eigenvalue weighted by atomic mass is 9.48. The van der Waals surface area contributed by atoms with E-state index in [0.29, 0.717) is 17.8 Å². The SMILES string of the molecule is CC(C(c1ccccc1)C(C)(C)C(C)(C)C(CC(C)(C)C(C)(C)C)c1ccncc1)C(C)(C)C. The maximum atomic E-state index is 4.36. The molecule has 0 spiro atoms. The second-order valence-electron chi connectivity index (χ2n) is 14.7. The van der Waals surface area contributed by atoms with Gasteiger partial charge in [0, 0.05) is 12.4 Å². The van der Waals surface area contributed by atoms with E-state index in [-0.39, 0.29) is 27.1 Å². The molecule has 190 valence electrons. The van der Waals surface area contributed by atoms with Crippen LogP contribution in [0.3, 0.4) is 0 Å². The van der Waals surface area contributed by atoms with Crippen molar-refractivity contribution >= 4 is 0 Å². The van der Waals surface area contributed by atoms with Crippen LogP contribution < -0.4 is 0 Å². The molecule has 1 aromatic carbocycles. The van der Waals surface area contributed by atoms with E-state index < -0.39 is 0 Å². The Bertz CT molecular complexity index is 891. The Kier molecular flexibility index (Phi) is 8.24. The van der Waals surface area contributed by atoms with Gasteiger partial charge in [-0.1, -0.05) is 120 Å². The Morgan fingerprint density at radius 3 is 1.59 bits per heavy atom. The topological polar surface area (TPSA) is 12.9 Å². The highest BCUT2D eigenvalue weighted by Crippen LogP contribution is 2.62. The van der Waals surface area contributed by atoms with Crippen molar-refractivity contribution in [3.05, 3.63) is 66.0 Å². The summed E-state index contributed by atoms with van der Waals surface area (Å²) >= 11 is 0. The van der Waals surface area contributed by atoms with Crippen LogP contribution in [0.5, 0.6) is 0 Å². The van der Waals surface area contributed by atoms with Gasteiger partial charge in [-0.15, -0.1) is 0 Å². The van der Waals surface area contributed by atoms with Gasteiger partial charge in [0.05, 0.1) is 0 Å². The standard InChI is InChI=1S/C33H53N/c1-24(29(2,3)4)28(26-17-15-14-16-18-26)33(12,13)32(10,11)27(25-19-21-34-22-20-25)23-31(8,9)30(5,6)7/h14-22,24,27-28H,23H2,1-13H3. The molecule has 0 bridgehead atoms. The molecule has 0 fully saturated rings. The third-order valence-electron chi connectivity index (χ3n) is 10.2. The average molecular weight is 464 g/mol. The fourth-order valence-electron chi connectivity index (χ4n) is 5.54. The van der Waals surface area contributed by atoms with Crippen LogP contribution in [-0.4, -0.2) is 4.98 Å². The lowest BCUT2D eigenvalue weighted by Gasteiger charge is -2.56. The van der Waals surface area contributed by atoms with Crippen molar-refractivity contribution in [2.75, 3.05) is 0 Å². The molecule has 0 N–H and O–H groups in total. The van der Waals surface area contributed by atoms with Gasteiger partial charge in [0.15, 0.2) is 0 Å². The number of pyridine rings is 1. The minimum Gasteiger partial charge on any atom is -0.265 e. The van der Waals surface area contributed by atoms with Crippen LogP contribution in [0.15, 0.2) is 54.9 Å². The molecule has 0 radical (unpaired) electrons. The summed E-state index contributed by atoms with van der Waals surface area (Å²) in [5.41, 5.74) is 3.58. The molecule has 0 aliphatic carbocycles. The summed E-state index contributed by atoms with van der Waals surface area (Å²) < 4.78 is 0. The molecule has 3 atom stereocenters. The van der Waals surface area contributed by atoms with Crippen LogP contribution in [0.2, 0.25) is 0 Å². The average Bonchev–Trinajstić information content (AvgIpc) is 2.71. The zero-order chi connectivity index (χ0) is 26.2. The number of benzene rings is 1. The zero-order valence-corrected chi connectivity index (χ0v) is 24.6. The van der Waals surface area contributed by atoms with Crippen LogP contribution in [0.1, 0.15) is 119 Å². The van der Waals surface area contributed by atoms with E-state index in [1.54, 1.807) is 0 Å². The first-order valence-corrected chi connectivity index (χ1v) is 13.3. The largest absolute Gasteiger partial charge is 0.265 e. The molecule has 2 aromatic rings. The Morgan fingerprint density at radius 1 is 0.647 bits per heavy atom. The quantitative estimate of drug-likeness (QED) is 0.379. The van der Waals surface area contributed by atoms with E-state index in [0.717, 1.165) is 6.42 Å². The minimum absolute atomic E-state index is 0.0386. The summed E-state index contributed by atoms with van der Waals surface area (Å²) in [5, 5.41) is 0. The molecule has 3 unspecified atom stereocenters. The van der Waals surface area contributed by atoms with Crippen molar-refractivity contribution in [2.24, 2.45) is 33.0 Å². The molecule has 0 saturated heterocycles. The molecule has 1 aromatic heterocycles. The van der Waals surface area contributed by atoms with E-state index in [1.807, 2.05) is 12.4 Å². The predicted octanol–water partition coefficient (Wildman–Crippen LogP) is 10.1. The number of aromatic nitrogens is 1. The molecule has 0 saturated carbocycles. The third kappa shape index (κ3) is 5.77. The second kappa shape index (κ2) is 9.79. The van der Waals surface area contributed by atoms with Gasteiger partial charge >= 0.3 is 0 Å². The molecule has 2 rings (SSSR count). The molecule has 0 aliphatic rings. The fourth-order valence-corrected chi connectivity index (χ4v) is 5.54. The highest BCUT2D eigenvalue weighted by atomic mass is 14.6. The second-order valence-corrected chi connectivity index (χ2v) is 14.7. The van der Waals surface area contributed by atoms with Crippen molar-refractivity contribution in [1.29, 1.82) is 0 Å². The number of hydrogen-bond acceptors (Lipinski definition) is 1. The van der Waals surface area contributed by atoms with E-state index in [1.165, 1.54) is 11.1 Å². The van der Waals surface area contributed by atoms with E-state index >= 15 is 0 Å². The summed E-state index contributed by atoms with van der Waals surface area (Å²) in [6, 6.07) is 15.8. The number of rotatable bonds is 8. The van der Waals surface area contributed by atoms with Gasteiger partial charge < -0.3 is 0 Å². The molecule has 34 heavy (non-hydrogen) atoms. The molecular weight excluding hydrogens is 410 g/mol. The van der Waals surface area contributed by atoms with Gasteiger partial charge in [0.1, 0.15) is 0 Å². The molecule has 1 heteroatoms. The fraction of sp³-hybridized carbons (Fsp3) is 0.667. The third-order valence-corrected chi connectivity index (χ3v) is 10.2. The Hall–Kier alpha value is -1.63. The van der Waals surface area contributed by atoms with Gasteiger partial charge in [-0.25, -0.2) is 0 Å². The van der Waals surface area contributed by atoms with Crippen LogP contribution >= 0.6 is 0 Å². The highest BCUT2D eigenvalue weighted by Gasteiger charge is 2.52. The smallest absolute Gasteiger partial charge is 0.0270 e. The van der Waals surface area contributed by atoms with Crippen molar-refractivity contribution in [2.45, 2.75) is 108 Å². The summed E-state index contributed by atoms with van der Waals surface area (Å²) in [7, 11) is 0. The first-order chi connectivity index (χ1) is 15.3. The van der Waals surface area contributed by atoms with Gasteiger partial charge in [-0.3, -0.25) is 4.98 Å². The monoisotopic (exact) mass is 463 g/mol. The van der Waals surface area contributed by atoms with E-state index in [2.05, 4.69) is 137 Å². The van der Waals surface area contributed by atoms with Crippen LogP contribution in [0.4, 0.5) is 0 Å². The van der Waals surface area contributed by atoms with Crippen LogP contribution in [0, 0.1) is 33.0 Å². The van der Waals surface area contributed by atoms with E-state index in [9.17, 15) is 0 Å². The first kappa shape index (κ1) is 28.6. The minimum atomic E-state index is 0.0386. The summed E-state index contributed by atoms with van der Waals surface area (Å²) in [6.45, 7) is 31.9. The maximum absolute atomic E-state index is 4.36. The summed E-state index contributed by atoms with van der Waals surface area (Å²) in [4.78, 5) is 4.36. The normalized spacial score (nSPS) is 16.7. The Labute approximate surface area is 212 Å². The van der Waals surface area contributed by atoms with Crippen molar-refractivity contribution < 1.29 is 0 Å². The van der Waals surface area contributed by atoms with Crippen LogP contribution in [0.25, 0.3) is 0 Å². The van der Waals surface area contributed by atoms with Crippen molar-refractivity contribution in [3.8, 4) is 0 Å². The number of nitrogens with zero attached hydrogens (tertiary/aromatic N) is 1. The highest BCUT2D eigenvalue weighted by molar-refractivity contribution is 5.28. The van der Waals surface area contributed by atoms with Gasteiger partial charge in [0.2, 0.25) is 0 Å². The van der Waals surface area contributed by atoms with Crippen LogP contribution in [-0.2, 0) is 0 Å². The lowest BCUT2D eigenvalue weighted by Crippen LogP contribution is -2.47. The van der Waals surface area contributed by atoms with Gasteiger partial charge in [-0.2, -0.15) is 0 Å². The molecule has 1 nitrogen and oxygen atoms in total. The Morgan fingerprint density at radius 2 is 1.15 bits per heavy atom. The first-order valence-electron chi connectivity index (χ1n) is 13.3. The molecule has 0 aliphatic heterocycles. The zero-order valence-electron chi connectivity index (χ0n) is 24.6. The molecule has 1 heterocycles. The predicted molar refractivity (Wildman–Crippen MR) is 150 cm³/mol. The van der Waals surface area contributed by atoms with Crippen molar-refractivity contribution in [1.82, 2.24) is 4.98 Å². The van der Waals surface area contributed by atoms with E-state index in [4.69, 9.17) is 0 Å². The Balaban J connectivity index is 2.71. The molecular formula is C33H53N. The summed E-state index contributed by atoms with van der Waals surface area (Å²) in [5.74, 6) is 1.38. The lowest BCUT2D eigenvalue weighted by molar-refractivity contribution is -0.0176. The van der Waals surface area contributed by atoms with Crippen molar-refractivity contribution in [3.63, 3.8) is 0 Å². The van der Waals surface area contributed by atoms with Gasteiger partial charge in [0.25, 0.3) is 0 Å². The maximum Gasteiger partial charge on any atom is 0.0270 e. The summed E-state index contributed by atoms with van der Waals surface area (Å²) in [6.07, 6.45) is 5.09.